The molecule has 0 amide bonds. The van der Waals surface area contributed by atoms with Crippen molar-refractivity contribution in [2.24, 2.45) is 5.10 Å². The summed E-state index contributed by atoms with van der Waals surface area (Å²) < 4.78 is 0. The molecule has 0 unspecified atom stereocenters. The van der Waals surface area contributed by atoms with Crippen LogP contribution in [0.15, 0.2) is 29.5 Å². The first-order valence-corrected chi connectivity index (χ1v) is 3.99. The maximum Gasteiger partial charge on any atom is 0.0830 e. The van der Waals surface area contributed by atoms with Gasteiger partial charge in [0.1, 0.15) is 0 Å². The van der Waals surface area contributed by atoms with Crippen molar-refractivity contribution in [2.75, 3.05) is 13.6 Å². The molecule has 1 aromatic heterocycles. The summed E-state index contributed by atoms with van der Waals surface area (Å²) in [6, 6.07) is 5.76. The summed E-state index contributed by atoms with van der Waals surface area (Å²) in [6.07, 6.45) is 3.51. The molecule has 12 heavy (non-hydrogen) atoms. The van der Waals surface area contributed by atoms with Crippen molar-refractivity contribution in [3.05, 3.63) is 30.1 Å². The van der Waals surface area contributed by atoms with E-state index in [4.69, 9.17) is 0 Å². The molecular formula is C9H13N3. The lowest BCUT2D eigenvalue weighted by Gasteiger charge is -2.07. The summed E-state index contributed by atoms with van der Waals surface area (Å²) in [5, 5.41) is 6.01. The molecule has 0 saturated carbocycles. The molecule has 0 radical (unpaired) electrons. The third-order valence-electron chi connectivity index (χ3n) is 1.53. The third kappa shape index (κ3) is 2.70. The lowest BCUT2D eigenvalue weighted by Crippen LogP contribution is -2.09. The van der Waals surface area contributed by atoms with E-state index < -0.39 is 0 Å². The maximum atomic E-state index is 4.16. The van der Waals surface area contributed by atoms with Crippen LogP contribution < -0.4 is 0 Å². The Hall–Kier alpha value is -1.38. The molecule has 0 N–H and O–H groups in total. The molecule has 0 aliphatic carbocycles. The summed E-state index contributed by atoms with van der Waals surface area (Å²) >= 11 is 0. The Balaban J connectivity index is 2.58. The van der Waals surface area contributed by atoms with Crippen LogP contribution in [-0.4, -0.2) is 29.8 Å². The van der Waals surface area contributed by atoms with Crippen LogP contribution in [0, 0.1) is 0 Å². The van der Waals surface area contributed by atoms with Crippen LogP contribution in [0.3, 0.4) is 0 Å². The van der Waals surface area contributed by atoms with Gasteiger partial charge in [-0.05, 0) is 19.1 Å². The van der Waals surface area contributed by atoms with E-state index >= 15 is 0 Å². The second kappa shape index (κ2) is 4.49. The highest BCUT2D eigenvalue weighted by atomic mass is 15.4. The molecule has 0 aromatic carbocycles. The number of nitrogens with zero attached hydrogens (tertiary/aromatic N) is 3. The average molecular weight is 163 g/mol. The summed E-state index contributed by atoms with van der Waals surface area (Å²) in [6.45, 7) is 2.96. The Morgan fingerprint density at radius 3 is 3.00 bits per heavy atom. The Kier molecular flexibility index (Phi) is 3.26. The van der Waals surface area contributed by atoms with Crippen LogP contribution in [0.2, 0.25) is 0 Å². The predicted octanol–water partition coefficient (Wildman–Crippen LogP) is 1.37. The van der Waals surface area contributed by atoms with Crippen molar-refractivity contribution < 1.29 is 0 Å². The Morgan fingerprint density at radius 1 is 1.58 bits per heavy atom. The number of hydrogen-bond donors (Lipinski definition) is 0. The van der Waals surface area contributed by atoms with Crippen LogP contribution in [0.1, 0.15) is 12.6 Å². The van der Waals surface area contributed by atoms with E-state index in [2.05, 4.69) is 17.0 Å². The first-order chi connectivity index (χ1) is 5.83. The largest absolute Gasteiger partial charge is 0.300 e. The molecule has 0 aliphatic heterocycles. The normalized spacial score (nSPS) is 10.5. The van der Waals surface area contributed by atoms with Gasteiger partial charge in [-0.1, -0.05) is 6.07 Å². The highest BCUT2D eigenvalue weighted by molar-refractivity contribution is 5.76. The van der Waals surface area contributed by atoms with Gasteiger partial charge in [-0.3, -0.25) is 4.98 Å². The van der Waals surface area contributed by atoms with Gasteiger partial charge < -0.3 is 5.01 Å². The quantitative estimate of drug-likeness (QED) is 0.497. The fourth-order valence-electron chi connectivity index (χ4n) is 0.692. The Bertz CT molecular complexity index is 243. The van der Waals surface area contributed by atoms with E-state index in [0.717, 1.165) is 12.2 Å². The minimum absolute atomic E-state index is 0.887. The van der Waals surface area contributed by atoms with Gasteiger partial charge in [-0.25, -0.2) is 0 Å². The van der Waals surface area contributed by atoms with Gasteiger partial charge in [-0.15, -0.1) is 0 Å². The molecule has 3 nitrogen and oxygen atoms in total. The topological polar surface area (TPSA) is 28.5 Å². The molecule has 0 atom stereocenters. The van der Waals surface area contributed by atoms with Gasteiger partial charge in [0.2, 0.25) is 0 Å². The van der Waals surface area contributed by atoms with Crippen molar-refractivity contribution >= 4 is 6.21 Å². The Labute approximate surface area is 72.7 Å². The minimum atomic E-state index is 0.887. The van der Waals surface area contributed by atoms with Crippen LogP contribution in [0.5, 0.6) is 0 Å². The highest BCUT2D eigenvalue weighted by Crippen LogP contribution is 1.89. The summed E-state index contributed by atoms with van der Waals surface area (Å²) in [7, 11) is 1.93. The standard InChI is InChI=1S/C9H13N3/c1-3-12(2)11-8-9-6-4-5-7-10-9/h4-8H,3H2,1-2H3/b11-8+. The van der Waals surface area contributed by atoms with Gasteiger partial charge >= 0.3 is 0 Å². The number of pyridine rings is 1. The van der Waals surface area contributed by atoms with E-state index in [-0.39, 0.29) is 0 Å². The third-order valence-corrected chi connectivity index (χ3v) is 1.53. The number of aromatic nitrogens is 1. The van der Waals surface area contributed by atoms with Crippen LogP contribution in [-0.2, 0) is 0 Å². The number of hydrazone groups is 1. The summed E-state index contributed by atoms with van der Waals surface area (Å²) in [4.78, 5) is 4.11. The van der Waals surface area contributed by atoms with Crippen molar-refractivity contribution in [1.82, 2.24) is 9.99 Å². The lowest BCUT2D eigenvalue weighted by molar-refractivity contribution is 0.377. The zero-order valence-corrected chi connectivity index (χ0v) is 7.44. The second-order valence-corrected chi connectivity index (χ2v) is 2.47. The fourth-order valence-corrected chi connectivity index (χ4v) is 0.692. The number of hydrogen-bond acceptors (Lipinski definition) is 3. The molecule has 0 bridgehead atoms. The van der Waals surface area contributed by atoms with Gasteiger partial charge in [0.15, 0.2) is 0 Å². The van der Waals surface area contributed by atoms with Gasteiger partial charge in [0.25, 0.3) is 0 Å². The highest BCUT2D eigenvalue weighted by Gasteiger charge is 1.86. The first-order valence-electron chi connectivity index (χ1n) is 3.99. The summed E-state index contributed by atoms with van der Waals surface area (Å²) in [5.41, 5.74) is 0.887. The molecule has 0 fully saturated rings. The fraction of sp³-hybridized carbons (Fsp3) is 0.333. The summed E-state index contributed by atoms with van der Waals surface area (Å²) in [5.74, 6) is 0. The molecule has 3 heteroatoms. The van der Waals surface area contributed by atoms with Crippen molar-refractivity contribution in [3.8, 4) is 0 Å². The zero-order chi connectivity index (χ0) is 8.81. The molecule has 1 aromatic rings. The molecule has 64 valence electrons. The molecule has 0 saturated heterocycles. The van der Waals surface area contributed by atoms with E-state index in [1.165, 1.54) is 0 Å². The van der Waals surface area contributed by atoms with Gasteiger partial charge in [0.05, 0.1) is 11.9 Å². The number of rotatable bonds is 3. The van der Waals surface area contributed by atoms with Crippen molar-refractivity contribution in [2.45, 2.75) is 6.92 Å². The van der Waals surface area contributed by atoms with E-state index in [1.54, 1.807) is 12.4 Å². The molecular weight excluding hydrogens is 150 g/mol. The monoisotopic (exact) mass is 163 g/mol. The molecule has 0 spiro atoms. The van der Waals surface area contributed by atoms with Crippen LogP contribution >= 0.6 is 0 Å². The Morgan fingerprint density at radius 2 is 2.42 bits per heavy atom. The molecule has 0 aliphatic rings. The zero-order valence-electron chi connectivity index (χ0n) is 7.44. The van der Waals surface area contributed by atoms with Crippen molar-refractivity contribution in [1.29, 1.82) is 0 Å². The van der Waals surface area contributed by atoms with Gasteiger partial charge in [-0.2, -0.15) is 5.10 Å². The van der Waals surface area contributed by atoms with Crippen molar-refractivity contribution in [3.63, 3.8) is 0 Å². The van der Waals surface area contributed by atoms with Crippen LogP contribution in [0.25, 0.3) is 0 Å². The molecule has 1 heterocycles. The van der Waals surface area contributed by atoms with E-state index in [1.807, 2.05) is 30.3 Å². The van der Waals surface area contributed by atoms with E-state index in [9.17, 15) is 0 Å². The second-order valence-electron chi connectivity index (χ2n) is 2.47. The molecule has 1 rings (SSSR count). The van der Waals surface area contributed by atoms with Crippen LogP contribution in [0.4, 0.5) is 0 Å². The average Bonchev–Trinajstić information content (AvgIpc) is 2.16. The minimum Gasteiger partial charge on any atom is -0.300 e. The SMILES string of the molecule is CCN(C)/N=C/c1ccccn1. The lowest BCUT2D eigenvalue weighted by atomic mass is 10.4. The maximum absolute atomic E-state index is 4.16. The van der Waals surface area contributed by atoms with Gasteiger partial charge in [0, 0.05) is 19.8 Å². The smallest absolute Gasteiger partial charge is 0.0830 e. The first kappa shape index (κ1) is 8.71. The van der Waals surface area contributed by atoms with E-state index in [0.29, 0.717) is 0 Å². The predicted molar refractivity (Wildman–Crippen MR) is 50.1 cm³/mol.